The van der Waals surface area contributed by atoms with Gasteiger partial charge in [0.2, 0.25) is 0 Å². The van der Waals surface area contributed by atoms with Crippen molar-refractivity contribution in [3.63, 3.8) is 0 Å². The van der Waals surface area contributed by atoms with Crippen LogP contribution in [0.2, 0.25) is 0 Å². The average Bonchev–Trinajstić information content (AvgIpc) is 2.15. The molecule has 0 aromatic heterocycles. The number of rotatable bonds is 8. The van der Waals surface area contributed by atoms with Gasteiger partial charge in [0.05, 0.1) is 5.84 Å². The van der Waals surface area contributed by atoms with E-state index in [-0.39, 0.29) is 24.7 Å². The monoisotopic (exact) mass is 250 g/mol. The third-order valence-electron chi connectivity index (χ3n) is 2.00. The summed E-state index contributed by atoms with van der Waals surface area (Å²) in [5.74, 6) is 0.263. The smallest absolute Gasteiger partial charge is 0.279 e. The summed E-state index contributed by atoms with van der Waals surface area (Å²) >= 11 is 0. The first kappa shape index (κ1) is 15.3. The van der Waals surface area contributed by atoms with Gasteiger partial charge in [0.15, 0.2) is 0 Å². The molecule has 0 aliphatic heterocycles. The molecule has 0 unspecified atom stereocenters. The Morgan fingerprint density at radius 3 is 2.44 bits per heavy atom. The highest BCUT2D eigenvalue weighted by Gasteiger charge is 2.19. The molecule has 0 spiro atoms. The van der Waals surface area contributed by atoms with Crippen molar-refractivity contribution in [2.45, 2.75) is 27.2 Å². The topological polar surface area (TPSA) is 99.3 Å². The summed E-state index contributed by atoms with van der Waals surface area (Å²) in [6, 6.07) is 0. The molecule has 0 saturated carbocycles. The van der Waals surface area contributed by atoms with Crippen LogP contribution in [0.25, 0.3) is 0 Å². The van der Waals surface area contributed by atoms with E-state index in [1.807, 2.05) is 13.8 Å². The van der Waals surface area contributed by atoms with E-state index in [1.165, 1.54) is 4.31 Å². The second-order valence-electron chi connectivity index (χ2n) is 4.01. The number of amidine groups is 1. The molecule has 0 aromatic carbocycles. The highest BCUT2D eigenvalue weighted by atomic mass is 32.2. The molecule has 6 nitrogen and oxygen atoms in total. The van der Waals surface area contributed by atoms with Crippen molar-refractivity contribution in [3.8, 4) is 0 Å². The maximum Gasteiger partial charge on any atom is 0.279 e. The summed E-state index contributed by atoms with van der Waals surface area (Å²) < 4.78 is 27.4. The lowest BCUT2D eigenvalue weighted by atomic mass is 10.2. The van der Waals surface area contributed by atoms with Crippen molar-refractivity contribution in [3.05, 3.63) is 0 Å². The van der Waals surface area contributed by atoms with E-state index >= 15 is 0 Å². The summed E-state index contributed by atoms with van der Waals surface area (Å²) in [7, 11) is -3.43. The number of nitrogens with one attached hydrogen (secondary N) is 2. The molecule has 7 heteroatoms. The first-order valence-corrected chi connectivity index (χ1v) is 6.81. The normalized spacial score (nSPS) is 12.3. The van der Waals surface area contributed by atoms with Gasteiger partial charge in [-0.3, -0.25) is 5.41 Å². The fraction of sp³-hybridized carbons (Fsp3) is 0.889. The molecule has 0 radical (unpaired) electrons. The minimum atomic E-state index is -3.43. The predicted octanol–water partition coefficient (Wildman–Crippen LogP) is 0.125. The van der Waals surface area contributed by atoms with Gasteiger partial charge in [-0.15, -0.1) is 0 Å². The zero-order valence-corrected chi connectivity index (χ0v) is 11.0. The molecule has 16 heavy (non-hydrogen) atoms. The Bertz CT molecular complexity index is 313. The molecule has 0 saturated heterocycles. The Morgan fingerprint density at radius 2 is 2.06 bits per heavy atom. The van der Waals surface area contributed by atoms with Crippen LogP contribution in [0.4, 0.5) is 0 Å². The summed E-state index contributed by atoms with van der Waals surface area (Å²) in [5, 5.41) is 7.07. The molecule has 0 bridgehead atoms. The van der Waals surface area contributed by atoms with Crippen LogP contribution in [-0.2, 0) is 10.2 Å². The van der Waals surface area contributed by atoms with Crippen LogP contribution in [0.1, 0.15) is 27.2 Å². The quantitative estimate of drug-likeness (QED) is 0.421. The third-order valence-corrected chi connectivity index (χ3v) is 3.65. The molecular weight excluding hydrogens is 228 g/mol. The number of nitrogens with zero attached hydrogens (tertiary/aromatic N) is 1. The largest absolute Gasteiger partial charge is 0.388 e. The van der Waals surface area contributed by atoms with Gasteiger partial charge >= 0.3 is 0 Å². The molecule has 0 fully saturated rings. The van der Waals surface area contributed by atoms with Crippen molar-refractivity contribution < 1.29 is 8.42 Å². The number of hydrogen-bond donors (Lipinski definition) is 3. The van der Waals surface area contributed by atoms with Crippen molar-refractivity contribution in [2.24, 2.45) is 11.7 Å². The Balaban J connectivity index is 4.37. The third kappa shape index (κ3) is 6.04. The van der Waals surface area contributed by atoms with Crippen LogP contribution < -0.4 is 10.5 Å². The maximum atomic E-state index is 11.8. The zero-order valence-electron chi connectivity index (χ0n) is 10.2. The fourth-order valence-corrected chi connectivity index (χ4v) is 2.45. The minimum Gasteiger partial charge on any atom is -0.388 e. The van der Waals surface area contributed by atoms with E-state index in [9.17, 15) is 8.42 Å². The van der Waals surface area contributed by atoms with Crippen LogP contribution in [-0.4, -0.2) is 38.2 Å². The van der Waals surface area contributed by atoms with Crippen LogP contribution in [0.15, 0.2) is 0 Å². The van der Waals surface area contributed by atoms with Crippen molar-refractivity contribution in [1.29, 1.82) is 5.41 Å². The van der Waals surface area contributed by atoms with E-state index in [2.05, 4.69) is 4.72 Å². The van der Waals surface area contributed by atoms with Gasteiger partial charge in [-0.2, -0.15) is 12.7 Å². The minimum absolute atomic E-state index is 0.00231. The van der Waals surface area contributed by atoms with Crippen LogP contribution in [0.5, 0.6) is 0 Å². The standard InChI is InChI=1S/C9H22N4O2S/c1-4-13(6-5-9(10)11)16(14,15)12-7-8(2)3/h8,12H,4-7H2,1-3H3,(H3,10,11). The summed E-state index contributed by atoms with van der Waals surface area (Å²) in [5.41, 5.74) is 5.20. The van der Waals surface area contributed by atoms with E-state index < -0.39 is 10.2 Å². The lowest BCUT2D eigenvalue weighted by molar-refractivity contribution is 0.422. The Morgan fingerprint density at radius 1 is 1.50 bits per heavy atom. The molecule has 96 valence electrons. The summed E-state index contributed by atoms with van der Waals surface area (Å²) in [6.45, 7) is 6.68. The molecular formula is C9H22N4O2S. The van der Waals surface area contributed by atoms with Crippen LogP contribution in [0.3, 0.4) is 0 Å². The summed E-state index contributed by atoms with van der Waals surface area (Å²) in [4.78, 5) is 0. The van der Waals surface area contributed by atoms with Crippen LogP contribution >= 0.6 is 0 Å². The Kier molecular flexibility index (Phi) is 6.54. The molecule has 0 rings (SSSR count). The number of nitrogens with two attached hydrogens (primary N) is 1. The van der Waals surface area contributed by atoms with E-state index in [0.717, 1.165) is 0 Å². The zero-order chi connectivity index (χ0) is 12.8. The lowest BCUT2D eigenvalue weighted by Crippen LogP contribution is -2.43. The maximum absolute atomic E-state index is 11.8. The Labute approximate surface area is 97.9 Å². The van der Waals surface area contributed by atoms with Crippen molar-refractivity contribution in [1.82, 2.24) is 9.03 Å². The lowest BCUT2D eigenvalue weighted by Gasteiger charge is -2.21. The van der Waals surface area contributed by atoms with Gasteiger partial charge in [-0.25, -0.2) is 4.72 Å². The van der Waals surface area contributed by atoms with Gasteiger partial charge in [0.25, 0.3) is 10.2 Å². The second-order valence-corrected chi connectivity index (χ2v) is 5.77. The molecule has 0 aromatic rings. The fourth-order valence-electron chi connectivity index (χ4n) is 1.06. The van der Waals surface area contributed by atoms with Gasteiger partial charge in [0, 0.05) is 26.1 Å². The SMILES string of the molecule is CCN(CCC(=N)N)S(=O)(=O)NCC(C)C. The average molecular weight is 250 g/mol. The van der Waals surface area contributed by atoms with Gasteiger partial charge < -0.3 is 5.73 Å². The second kappa shape index (κ2) is 6.82. The van der Waals surface area contributed by atoms with Crippen molar-refractivity contribution in [2.75, 3.05) is 19.6 Å². The van der Waals surface area contributed by atoms with Crippen molar-refractivity contribution >= 4 is 16.0 Å². The number of hydrogen-bond acceptors (Lipinski definition) is 3. The first-order chi connectivity index (χ1) is 7.29. The highest BCUT2D eigenvalue weighted by Crippen LogP contribution is 2.00. The molecule has 0 heterocycles. The highest BCUT2D eigenvalue weighted by molar-refractivity contribution is 7.87. The Hall–Kier alpha value is -0.660. The molecule has 0 aliphatic carbocycles. The summed E-state index contributed by atoms with van der Waals surface area (Å²) in [6.07, 6.45) is 0.260. The first-order valence-electron chi connectivity index (χ1n) is 5.37. The predicted molar refractivity (Wildman–Crippen MR) is 65.5 cm³/mol. The molecule has 4 N–H and O–H groups in total. The van der Waals surface area contributed by atoms with Gasteiger partial charge in [-0.1, -0.05) is 20.8 Å². The molecule has 0 amide bonds. The van der Waals surface area contributed by atoms with Gasteiger partial charge in [0.1, 0.15) is 0 Å². The van der Waals surface area contributed by atoms with E-state index in [0.29, 0.717) is 13.1 Å². The van der Waals surface area contributed by atoms with E-state index in [4.69, 9.17) is 11.1 Å². The molecule has 0 aliphatic rings. The molecule has 0 atom stereocenters. The van der Waals surface area contributed by atoms with E-state index in [1.54, 1.807) is 6.92 Å². The van der Waals surface area contributed by atoms with Gasteiger partial charge in [-0.05, 0) is 5.92 Å². The van der Waals surface area contributed by atoms with Crippen LogP contribution in [0, 0.1) is 11.3 Å².